The molecule has 0 saturated heterocycles. The molecular weight excluding hydrogens is 292 g/mol. The topological polar surface area (TPSA) is 59.7 Å². The largest absolute Gasteiger partial charge is 0.507 e. The molecule has 0 unspecified atom stereocenters. The van der Waals surface area contributed by atoms with Gasteiger partial charge in [-0.1, -0.05) is 37.3 Å². The van der Waals surface area contributed by atoms with E-state index in [0.717, 1.165) is 5.56 Å². The van der Waals surface area contributed by atoms with Crippen molar-refractivity contribution < 1.29 is 14.3 Å². The highest BCUT2D eigenvalue weighted by Gasteiger charge is 2.23. The molecule has 1 N–H and O–H groups in total. The smallest absolute Gasteiger partial charge is 0.343 e. The first-order valence-corrected chi connectivity index (χ1v) is 7.54. The minimum absolute atomic E-state index is 0.0189. The average Bonchev–Trinajstić information content (AvgIpc) is 2.58. The second-order valence-corrected chi connectivity index (χ2v) is 5.39. The molecule has 1 aromatic heterocycles. The van der Waals surface area contributed by atoms with E-state index in [1.54, 1.807) is 18.2 Å². The zero-order valence-corrected chi connectivity index (χ0v) is 13.1. The van der Waals surface area contributed by atoms with Crippen molar-refractivity contribution in [1.82, 2.24) is 0 Å². The lowest BCUT2D eigenvalue weighted by Crippen LogP contribution is -2.13. The molecule has 4 heteroatoms. The number of methoxy groups -OCH3 is 1. The highest BCUT2D eigenvalue weighted by molar-refractivity contribution is 5.85. The number of fused-ring (bicyclic) bond motifs is 1. The van der Waals surface area contributed by atoms with Crippen LogP contribution in [0.4, 0.5) is 0 Å². The summed E-state index contributed by atoms with van der Waals surface area (Å²) in [6, 6.07) is 14.7. The number of hydrogen-bond donors (Lipinski definition) is 1. The lowest BCUT2D eigenvalue weighted by atomic mass is 9.89. The fourth-order valence-electron chi connectivity index (χ4n) is 2.91. The van der Waals surface area contributed by atoms with E-state index in [1.165, 1.54) is 7.11 Å². The van der Waals surface area contributed by atoms with Gasteiger partial charge in [-0.25, -0.2) is 4.79 Å². The molecule has 0 radical (unpaired) electrons. The second-order valence-electron chi connectivity index (χ2n) is 5.39. The molecule has 0 spiro atoms. The Morgan fingerprint density at radius 3 is 2.57 bits per heavy atom. The Balaban J connectivity index is 2.23. The molecule has 3 aromatic rings. The summed E-state index contributed by atoms with van der Waals surface area (Å²) in [5.74, 6) is 0.344. The Labute approximate surface area is 134 Å². The molecule has 0 aliphatic carbocycles. The standard InChI is InChI=1S/C19H18O4/c1-3-14(12-7-5-4-6-8-12)17-18(20)15-10-9-13(22-2)11-16(15)23-19(17)21/h4-11,14,20H,3H2,1-2H3/t14-/m0/s1. The van der Waals surface area contributed by atoms with Crippen LogP contribution < -0.4 is 10.4 Å². The number of hydrogen-bond acceptors (Lipinski definition) is 4. The molecule has 2 aromatic carbocycles. The van der Waals surface area contributed by atoms with Crippen LogP contribution in [0, 0.1) is 0 Å². The number of ether oxygens (including phenoxy) is 1. The minimum atomic E-state index is -0.515. The Morgan fingerprint density at radius 2 is 1.91 bits per heavy atom. The van der Waals surface area contributed by atoms with E-state index in [9.17, 15) is 9.90 Å². The molecule has 0 fully saturated rings. The number of rotatable bonds is 4. The van der Waals surface area contributed by atoms with Gasteiger partial charge in [0.15, 0.2) is 0 Å². The van der Waals surface area contributed by atoms with Crippen molar-refractivity contribution in [1.29, 1.82) is 0 Å². The van der Waals surface area contributed by atoms with Crippen LogP contribution in [0.1, 0.15) is 30.4 Å². The van der Waals surface area contributed by atoms with Gasteiger partial charge in [0, 0.05) is 12.0 Å². The Bertz CT molecular complexity index is 881. The minimum Gasteiger partial charge on any atom is -0.507 e. The fraction of sp³-hybridized carbons (Fsp3) is 0.211. The molecule has 0 amide bonds. The molecule has 23 heavy (non-hydrogen) atoms. The molecule has 0 bridgehead atoms. The molecule has 0 aliphatic rings. The van der Waals surface area contributed by atoms with Crippen molar-refractivity contribution in [2.75, 3.05) is 7.11 Å². The Morgan fingerprint density at radius 1 is 1.17 bits per heavy atom. The lowest BCUT2D eigenvalue weighted by molar-refractivity contribution is 0.413. The summed E-state index contributed by atoms with van der Waals surface area (Å²) in [5.41, 5.74) is 1.08. The third-order valence-corrected chi connectivity index (χ3v) is 4.08. The van der Waals surface area contributed by atoms with E-state index < -0.39 is 5.63 Å². The van der Waals surface area contributed by atoms with Crippen LogP contribution in [-0.2, 0) is 0 Å². The molecule has 0 saturated carbocycles. The van der Waals surface area contributed by atoms with Gasteiger partial charge in [0.25, 0.3) is 0 Å². The summed E-state index contributed by atoms with van der Waals surface area (Å²) in [7, 11) is 1.54. The maximum absolute atomic E-state index is 12.5. The first kappa shape index (κ1) is 15.2. The predicted octanol–water partition coefficient (Wildman–Crippen LogP) is 4.05. The summed E-state index contributed by atoms with van der Waals surface area (Å²) in [5, 5.41) is 11.2. The quantitative estimate of drug-likeness (QED) is 0.739. The summed E-state index contributed by atoms with van der Waals surface area (Å²) in [6.07, 6.45) is 0.685. The summed E-state index contributed by atoms with van der Waals surface area (Å²) in [6.45, 7) is 1.98. The van der Waals surface area contributed by atoms with Gasteiger partial charge >= 0.3 is 5.63 Å². The Kier molecular flexibility index (Phi) is 4.06. The lowest BCUT2D eigenvalue weighted by Gasteiger charge is -2.16. The van der Waals surface area contributed by atoms with Gasteiger partial charge < -0.3 is 14.3 Å². The van der Waals surface area contributed by atoms with Crippen LogP contribution in [-0.4, -0.2) is 12.2 Å². The molecule has 3 rings (SSSR count). The van der Waals surface area contributed by atoms with Crippen LogP contribution in [0.2, 0.25) is 0 Å². The SMILES string of the molecule is CC[C@@H](c1ccccc1)c1c(O)c2ccc(OC)cc2oc1=O. The molecule has 1 heterocycles. The van der Waals surface area contributed by atoms with Crippen molar-refractivity contribution in [3.63, 3.8) is 0 Å². The third-order valence-electron chi connectivity index (χ3n) is 4.08. The normalized spacial score (nSPS) is 12.3. The van der Waals surface area contributed by atoms with Gasteiger partial charge in [-0.3, -0.25) is 0 Å². The van der Waals surface area contributed by atoms with Gasteiger partial charge in [0.1, 0.15) is 17.1 Å². The van der Waals surface area contributed by atoms with Crippen LogP contribution in [0.25, 0.3) is 11.0 Å². The molecule has 1 atom stereocenters. The molecule has 4 nitrogen and oxygen atoms in total. The molecular formula is C19H18O4. The first-order valence-electron chi connectivity index (χ1n) is 7.54. The maximum atomic E-state index is 12.5. The van der Waals surface area contributed by atoms with Gasteiger partial charge in [-0.15, -0.1) is 0 Å². The highest BCUT2D eigenvalue weighted by atomic mass is 16.5. The van der Waals surface area contributed by atoms with E-state index >= 15 is 0 Å². The van der Waals surface area contributed by atoms with E-state index in [4.69, 9.17) is 9.15 Å². The first-order chi connectivity index (χ1) is 11.2. The fourth-order valence-corrected chi connectivity index (χ4v) is 2.91. The van der Waals surface area contributed by atoms with Crippen LogP contribution in [0.3, 0.4) is 0 Å². The predicted molar refractivity (Wildman–Crippen MR) is 89.3 cm³/mol. The summed E-state index contributed by atoms with van der Waals surface area (Å²) >= 11 is 0. The van der Waals surface area contributed by atoms with Crippen molar-refractivity contribution in [3.8, 4) is 11.5 Å². The van der Waals surface area contributed by atoms with Gasteiger partial charge in [-0.2, -0.15) is 0 Å². The van der Waals surface area contributed by atoms with E-state index in [0.29, 0.717) is 28.7 Å². The van der Waals surface area contributed by atoms with Crippen molar-refractivity contribution in [2.24, 2.45) is 0 Å². The van der Waals surface area contributed by atoms with Crippen molar-refractivity contribution in [3.05, 3.63) is 70.1 Å². The van der Waals surface area contributed by atoms with Gasteiger partial charge in [0.2, 0.25) is 0 Å². The van der Waals surface area contributed by atoms with Crippen LogP contribution in [0.15, 0.2) is 57.7 Å². The monoisotopic (exact) mass is 310 g/mol. The third kappa shape index (κ3) is 2.68. The number of aromatic hydroxyl groups is 1. The van der Waals surface area contributed by atoms with E-state index in [1.807, 2.05) is 37.3 Å². The summed E-state index contributed by atoms with van der Waals surface area (Å²) < 4.78 is 10.6. The van der Waals surface area contributed by atoms with Gasteiger partial charge in [0.05, 0.1) is 18.1 Å². The van der Waals surface area contributed by atoms with Crippen LogP contribution in [0.5, 0.6) is 11.5 Å². The van der Waals surface area contributed by atoms with Crippen LogP contribution >= 0.6 is 0 Å². The zero-order valence-electron chi connectivity index (χ0n) is 13.1. The van der Waals surface area contributed by atoms with Gasteiger partial charge in [-0.05, 0) is 24.1 Å². The molecule has 0 aliphatic heterocycles. The summed E-state index contributed by atoms with van der Waals surface area (Å²) in [4.78, 5) is 12.5. The van der Waals surface area contributed by atoms with E-state index in [2.05, 4.69) is 0 Å². The zero-order chi connectivity index (χ0) is 16.4. The molecule has 118 valence electrons. The van der Waals surface area contributed by atoms with Crippen molar-refractivity contribution in [2.45, 2.75) is 19.3 Å². The second kappa shape index (κ2) is 6.16. The van der Waals surface area contributed by atoms with Crippen molar-refractivity contribution >= 4 is 11.0 Å². The maximum Gasteiger partial charge on any atom is 0.343 e. The average molecular weight is 310 g/mol. The number of benzene rings is 2. The van der Waals surface area contributed by atoms with E-state index in [-0.39, 0.29) is 11.7 Å². The highest BCUT2D eigenvalue weighted by Crippen LogP contribution is 2.36. The Hall–Kier alpha value is -2.75.